The van der Waals surface area contributed by atoms with E-state index in [2.05, 4.69) is 30.5 Å². The summed E-state index contributed by atoms with van der Waals surface area (Å²) in [5.74, 6) is 0.869. The van der Waals surface area contributed by atoms with Crippen LogP contribution < -0.4 is 5.32 Å². The first-order chi connectivity index (χ1) is 12.3. The molecule has 1 aromatic carbocycles. The summed E-state index contributed by atoms with van der Waals surface area (Å²) in [7, 11) is 0. The lowest BCUT2D eigenvalue weighted by molar-refractivity contribution is 0.101. The summed E-state index contributed by atoms with van der Waals surface area (Å²) < 4.78 is 6.69. The highest BCUT2D eigenvalue weighted by atomic mass is 16.5. The van der Waals surface area contributed by atoms with Crippen molar-refractivity contribution in [1.29, 1.82) is 0 Å². The van der Waals surface area contributed by atoms with Crippen LogP contribution in [0, 0.1) is 0 Å². The molecule has 4 aromatic rings. The molecule has 3 heterocycles. The third kappa shape index (κ3) is 3.11. The second-order valence-electron chi connectivity index (χ2n) is 5.00. The second-order valence-corrected chi connectivity index (χ2v) is 5.00. The van der Waals surface area contributed by atoms with Gasteiger partial charge in [-0.15, -0.1) is 0 Å². The van der Waals surface area contributed by atoms with Gasteiger partial charge in [-0.1, -0.05) is 35.5 Å². The number of amides is 1. The normalized spacial score (nSPS) is 10.6. The number of nitrogens with one attached hydrogen (secondary N) is 1. The van der Waals surface area contributed by atoms with Gasteiger partial charge in [0.1, 0.15) is 24.8 Å². The van der Waals surface area contributed by atoms with Gasteiger partial charge in [0.25, 0.3) is 5.91 Å². The van der Waals surface area contributed by atoms with Gasteiger partial charge in [0.2, 0.25) is 0 Å². The van der Waals surface area contributed by atoms with Gasteiger partial charge < -0.3 is 9.84 Å². The summed E-state index contributed by atoms with van der Waals surface area (Å²) in [6.07, 6.45) is 4.21. The fourth-order valence-corrected chi connectivity index (χ4v) is 2.17. The first kappa shape index (κ1) is 14.7. The number of aromatic nitrogens is 6. The molecule has 9 heteroatoms. The zero-order valence-corrected chi connectivity index (χ0v) is 12.8. The Balaban J connectivity index is 1.53. The summed E-state index contributed by atoms with van der Waals surface area (Å²) in [5, 5.41) is 10.4. The largest absolute Gasteiger partial charge is 0.355 e. The molecule has 1 N–H and O–H groups in total. The van der Waals surface area contributed by atoms with Crippen molar-refractivity contribution in [2.45, 2.75) is 0 Å². The number of rotatable bonds is 4. The van der Waals surface area contributed by atoms with Crippen LogP contribution in [-0.2, 0) is 0 Å². The predicted molar refractivity (Wildman–Crippen MR) is 86.8 cm³/mol. The number of carbonyl (C=O) groups is 1. The number of carbonyl (C=O) groups excluding carboxylic acids is 1. The molecule has 0 aliphatic carbocycles. The highest BCUT2D eigenvalue weighted by Gasteiger charge is 2.15. The smallest absolute Gasteiger partial charge is 0.279 e. The first-order valence-corrected chi connectivity index (χ1v) is 7.30. The lowest BCUT2D eigenvalue weighted by Crippen LogP contribution is -2.14. The molecule has 9 nitrogen and oxygen atoms in total. The van der Waals surface area contributed by atoms with Gasteiger partial charge in [-0.05, 0) is 0 Å². The van der Waals surface area contributed by atoms with Gasteiger partial charge in [0, 0.05) is 17.7 Å². The number of hydrogen-bond donors (Lipinski definition) is 1. The number of benzene rings is 1. The van der Waals surface area contributed by atoms with Gasteiger partial charge >= 0.3 is 0 Å². The van der Waals surface area contributed by atoms with Gasteiger partial charge in [0.15, 0.2) is 17.3 Å². The molecule has 0 aliphatic rings. The fraction of sp³-hybridized carbons (Fsp3) is 0. The maximum atomic E-state index is 12.3. The van der Waals surface area contributed by atoms with Crippen LogP contribution in [-0.4, -0.2) is 35.8 Å². The van der Waals surface area contributed by atoms with Crippen LogP contribution in [0.15, 0.2) is 66.0 Å². The topological polar surface area (TPSA) is 112 Å². The summed E-state index contributed by atoms with van der Waals surface area (Å²) >= 11 is 0. The molecule has 25 heavy (non-hydrogen) atoms. The Kier molecular flexibility index (Phi) is 3.71. The van der Waals surface area contributed by atoms with E-state index in [-0.39, 0.29) is 5.69 Å². The van der Waals surface area contributed by atoms with Gasteiger partial charge in [-0.2, -0.15) is 5.10 Å². The van der Waals surface area contributed by atoms with Gasteiger partial charge in [-0.3, -0.25) is 4.79 Å². The van der Waals surface area contributed by atoms with Crippen molar-refractivity contribution < 1.29 is 9.32 Å². The molecule has 122 valence electrons. The molecule has 0 saturated carbocycles. The minimum absolute atomic E-state index is 0.153. The highest BCUT2D eigenvalue weighted by molar-refractivity contribution is 6.02. The highest BCUT2D eigenvalue weighted by Crippen LogP contribution is 2.20. The van der Waals surface area contributed by atoms with Crippen molar-refractivity contribution in [3.05, 3.63) is 67.1 Å². The summed E-state index contributed by atoms with van der Waals surface area (Å²) in [4.78, 5) is 24.3. The lowest BCUT2D eigenvalue weighted by Gasteiger charge is -2.03. The van der Waals surface area contributed by atoms with E-state index in [0.29, 0.717) is 17.4 Å². The maximum absolute atomic E-state index is 12.3. The Morgan fingerprint density at radius 2 is 1.96 bits per heavy atom. The lowest BCUT2D eigenvalue weighted by atomic mass is 10.1. The molecule has 0 unspecified atom stereocenters. The molecular weight excluding hydrogens is 322 g/mol. The Hall–Kier alpha value is -3.88. The first-order valence-electron chi connectivity index (χ1n) is 7.30. The molecule has 0 saturated heterocycles. The fourth-order valence-electron chi connectivity index (χ4n) is 2.17. The van der Waals surface area contributed by atoms with Crippen LogP contribution in [0.2, 0.25) is 0 Å². The van der Waals surface area contributed by atoms with Crippen molar-refractivity contribution in [3.63, 3.8) is 0 Å². The Morgan fingerprint density at radius 1 is 1.08 bits per heavy atom. The Labute approximate surface area is 141 Å². The number of anilines is 1. The Bertz CT molecular complexity index is 996. The molecule has 0 atom stereocenters. The van der Waals surface area contributed by atoms with Crippen LogP contribution in [0.3, 0.4) is 0 Å². The van der Waals surface area contributed by atoms with E-state index in [9.17, 15) is 4.79 Å². The van der Waals surface area contributed by atoms with E-state index in [1.54, 1.807) is 12.1 Å². The summed E-state index contributed by atoms with van der Waals surface area (Å²) in [6.45, 7) is 0. The maximum Gasteiger partial charge on any atom is 0.279 e. The molecule has 3 aromatic heterocycles. The van der Waals surface area contributed by atoms with Crippen LogP contribution in [0.1, 0.15) is 10.5 Å². The van der Waals surface area contributed by atoms with E-state index in [1.807, 2.05) is 30.3 Å². The van der Waals surface area contributed by atoms with Crippen LogP contribution in [0.5, 0.6) is 0 Å². The Morgan fingerprint density at radius 3 is 2.76 bits per heavy atom. The monoisotopic (exact) mass is 333 g/mol. The molecule has 0 aliphatic heterocycles. The van der Waals surface area contributed by atoms with Crippen molar-refractivity contribution in [2.24, 2.45) is 0 Å². The van der Waals surface area contributed by atoms with E-state index >= 15 is 0 Å². The van der Waals surface area contributed by atoms with Crippen molar-refractivity contribution in [2.75, 3.05) is 5.32 Å². The molecule has 0 radical (unpaired) electrons. The van der Waals surface area contributed by atoms with Crippen molar-refractivity contribution >= 4 is 11.7 Å². The van der Waals surface area contributed by atoms with E-state index < -0.39 is 5.91 Å². The number of hydrogen-bond acceptors (Lipinski definition) is 7. The molecular formula is C16H11N7O2. The SMILES string of the molecule is O=C(Nc1cc(-n2cncn2)ncn1)c1cc(-c2ccccc2)on1. The molecule has 0 spiro atoms. The second kappa shape index (κ2) is 6.32. The third-order valence-corrected chi connectivity index (χ3v) is 3.35. The molecule has 0 bridgehead atoms. The third-order valence-electron chi connectivity index (χ3n) is 3.35. The summed E-state index contributed by atoms with van der Waals surface area (Å²) in [6, 6.07) is 12.5. The standard InChI is InChI=1S/C16H11N7O2/c24-16(12-6-13(25-22-12)11-4-2-1-3-5-11)21-14-7-15(19-9-18-14)23-10-17-8-20-23/h1-10H,(H,18,19,21,24). The molecule has 4 rings (SSSR count). The van der Waals surface area contributed by atoms with Crippen molar-refractivity contribution in [3.8, 4) is 17.1 Å². The minimum atomic E-state index is -0.436. The van der Waals surface area contributed by atoms with E-state index in [0.717, 1.165) is 5.56 Å². The average Bonchev–Trinajstić information content (AvgIpc) is 3.35. The zero-order chi connectivity index (χ0) is 17.1. The zero-order valence-electron chi connectivity index (χ0n) is 12.8. The van der Waals surface area contributed by atoms with Crippen LogP contribution in [0.4, 0.5) is 5.82 Å². The average molecular weight is 333 g/mol. The van der Waals surface area contributed by atoms with Crippen molar-refractivity contribution in [1.82, 2.24) is 29.9 Å². The van der Waals surface area contributed by atoms with Crippen LogP contribution >= 0.6 is 0 Å². The molecule has 0 fully saturated rings. The minimum Gasteiger partial charge on any atom is -0.355 e. The van der Waals surface area contributed by atoms with Crippen LogP contribution in [0.25, 0.3) is 17.1 Å². The summed E-state index contributed by atoms with van der Waals surface area (Å²) in [5.41, 5.74) is 0.990. The predicted octanol–water partition coefficient (Wildman–Crippen LogP) is 1.96. The molecule has 1 amide bonds. The number of nitrogens with zero attached hydrogens (tertiary/aromatic N) is 6. The quantitative estimate of drug-likeness (QED) is 0.607. The van der Waals surface area contributed by atoms with E-state index in [1.165, 1.54) is 23.7 Å². The van der Waals surface area contributed by atoms with E-state index in [4.69, 9.17) is 4.52 Å². The van der Waals surface area contributed by atoms with Gasteiger partial charge in [0.05, 0.1) is 0 Å². The van der Waals surface area contributed by atoms with Gasteiger partial charge in [-0.25, -0.2) is 19.6 Å².